The number of hydrogen-bond acceptors (Lipinski definition) is 3. The number of para-hydroxylation sites is 1. The minimum Gasteiger partial charge on any atom is -0.396 e. The molecule has 0 saturated carbocycles. The molecule has 94 valence electrons. The zero-order valence-electron chi connectivity index (χ0n) is 10.5. The predicted molar refractivity (Wildman–Crippen MR) is 71.3 cm³/mol. The molecule has 0 aliphatic rings. The van der Waals surface area contributed by atoms with Crippen molar-refractivity contribution >= 4 is 16.7 Å². The molecule has 2 rings (SSSR count). The molecule has 0 radical (unpaired) electrons. The fourth-order valence-electron chi connectivity index (χ4n) is 2.08. The van der Waals surface area contributed by atoms with E-state index in [9.17, 15) is 4.79 Å². The Morgan fingerprint density at radius 1 is 1.28 bits per heavy atom. The number of aliphatic hydroxyl groups is 1. The molecule has 0 spiro atoms. The summed E-state index contributed by atoms with van der Waals surface area (Å²) in [4.78, 5) is 16.0. The largest absolute Gasteiger partial charge is 0.396 e. The van der Waals surface area contributed by atoms with Crippen LogP contribution in [0.15, 0.2) is 36.4 Å². The fraction of sp³-hybridized carbons (Fsp3) is 0.333. The Morgan fingerprint density at radius 3 is 2.78 bits per heavy atom. The van der Waals surface area contributed by atoms with Gasteiger partial charge < -0.3 is 5.11 Å². The lowest BCUT2D eigenvalue weighted by molar-refractivity contribution is -0.121. The molecule has 1 aromatic heterocycles. The van der Waals surface area contributed by atoms with Crippen LogP contribution in [0.25, 0.3) is 10.9 Å². The monoisotopic (exact) mass is 243 g/mol. The fourth-order valence-corrected chi connectivity index (χ4v) is 2.08. The molecule has 1 N–H and O–H groups in total. The van der Waals surface area contributed by atoms with E-state index in [4.69, 9.17) is 5.11 Å². The molecule has 1 atom stereocenters. The molecule has 0 amide bonds. The molecule has 1 aromatic carbocycles. The lowest BCUT2D eigenvalue weighted by atomic mass is 9.95. The highest BCUT2D eigenvalue weighted by molar-refractivity contribution is 5.80. The first-order valence-corrected chi connectivity index (χ1v) is 6.16. The number of carbonyl (C=O) groups excluding carboxylic acids is 1. The number of pyridine rings is 1. The molecule has 2 aromatic rings. The number of nitrogens with zero attached hydrogens (tertiary/aromatic N) is 1. The van der Waals surface area contributed by atoms with Crippen molar-refractivity contribution in [2.24, 2.45) is 5.92 Å². The molecule has 0 aliphatic heterocycles. The van der Waals surface area contributed by atoms with Gasteiger partial charge in [0.1, 0.15) is 5.78 Å². The second-order valence-corrected chi connectivity index (χ2v) is 4.52. The zero-order chi connectivity index (χ0) is 13.0. The summed E-state index contributed by atoms with van der Waals surface area (Å²) < 4.78 is 0. The van der Waals surface area contributed by atoms with Gasteiger partial charge in [-0.1, -0.05) is 24.3 Å². The summed E-state index contributed by atoms with van der Waals surface area (Å²) >= 11 is 0. The van der Waals surface area contributed by atoms with Crippen LogP contribution in [0.3, 0.4) is 0 Å². The number of fused-ring (bicyclic) bond motifs is 1. The van der Waals surface area contributed by atoms with Crippen LogP contribution in [0.1, 0.15) is 19.0 Å². The lowest BCUT2D eigenvalue weighted by Crippen LogP contribution is -2.16. The number of Topliss-reactive ketones (excluding diaryl/α,β-unsaturated/α-hetero) is 1. The highest BCUT2D eigenvalue weighted by atomic mass is 16.3. The second kappa shape index (κ2) is 5.74. The first-order valence-electron chi connectivity index (χ1n) is 6.16. The van der Waals surface area contributed by atoms with Crippen LogP contribution < -0.4 is 0 Å². The topological polar surface area (TPSA) is 50.2 Å². The standard InChI is InChI=1S/C15H17NO2/c1-11(18)13(8-9-17)10-14-7-6-12-4-2-3-5-15(12)16-14/h2-7,13,17H,8-10H2,1H3. The maximum Gasteiger partial charge on any atom is 0.133 e. The van der Waals surface area contributed by atoms with Gasteiger partial charge in [0.15, 0.2) is 0 Å². The van der Waals surface area contributed by atoms with Crippen LogP contribution in [0, 0.1) is 5.92 Å². The maximum atomic E-state index is 11.5. The number of aromatic nitrogens is 1. The summed E-state index contributed by atoms with van der Waals surface area (Å²) in [5, 5.41) is 10.1. The summed E-state index contributed by atoms with van der Waals surface area (Å²) in [6, 6.07) is 11.9. The minimum absolute atomic E-state index is 0.0395. The van der Waals surface area contributed by atoms with Crippen LogP contribution in [0.4, 0.5) is 0 Å². The number of ketones is 1. The first-order chi connectivity index (χ1) is 8.70. The predicted octanol–water partition coefficient (Wildman–Crippen LogP) is 2.36. The molecule has 0 aliphatic carbocycles. The Kier molecular flexibility index (Phi) is 4.05. The second-order valence-electron chi connectivity index (χ2n) is 4.52. The van der Waals surface area contributed by atoms with Gasteiger partial charge in [-0.2, -0.15) is 0 Å². The quantitative estimate of drug-likeness (QED) is 0.877. The number of hydrogen-bond donors (Lipinski definition) is 1. The minimum atomic E-state index is -0.135. The Labute approximate surface area is 106 Å². The molecule has 18 heavy (non-hydrogen) atoms. The van der Waals surface area contributed by atoms with Crippen molar-refractivity contribution in [1.29, 1.82) is 0 Å². The van der Waals surface area contributed by atoms with Gasteiger partial charge in [0.25, 0.3) is 0 Å². The smallest absolute Gasteiger partial charge is 0.133 e. The van der Waals surface area contributed by atoms with E-state index in [2.05, 4.69) is 4.98 Å². The summed E-state index contributed by atoms with van der Waals surface area (Å²) in [7, 11) is 0. The Hall–Kier alpha value is -1.74. The van der Waals surface area contributed by atoms with E-state index in [1.54, 1.807) is 6.92 Å². The van der Waals surface area contributed by atoms with E-state index in [-0.39, 0.29) is 18.3 Å². The Balaban J connectivity index is 2.22. The van der Waals surface area contributed by atoms with E-state index in [1.807, 2.05) is 36.4 Å². The van der Waals surface area contributed by atoms with Gasteiger partial charge >= 0.3 is 0 Å². The van der Waals surface area contributed by atoms with E-state index < -0.39 is 0 Å². The number of aliphatic hydroxyl groups excluding tert-OH is 1. The Morgan fingerprint density at radius 2 is 2.06 bits per heavy atom. The lowest BCUT2D eigenvalue weighted by Gasteiger charge is -2.12. The summed E-state index contributed by atoms with van der Waals surface area (Å²) in [6.45, 7) is 1.61. The number of benzene rings is 1. The van der Waals surface area contributed by atoms with Gasteiger partial charge in [-0.05, 0) is 31.9 Å². The molecular formula is C15H17NO2. The van der Waals surface area contributed by atoms with Crippen molar-refractivity contribution in [1.82, 2.24) is 4.98 Å². The molecule has 0 bridgehead atoms. The zero-order valence-corrected chi connectivity index (χ0v) is 10.5. The van der Waals surface area contributed by atoms with Crippen molar-refractivity contribution in [3.8, 4) is 0 Å². The van der Waals surface area contributed by atoms with E-state index in [0.29, 0.717) is 12.8 Å². The maximum absolute atomic E-state index is 11.5. The van der Waals surface area contributed by atoms with Gasteiger partial charge in [0.2, 0.25) is 0 Å². The number of rotatable bonds is 5. The van der Waals surface area contributed by atoms with Crippen molar-refractivity contribution in [2.45, 2.75) is 19.8 Å². The normalized spacial score (nSPS) is 12.6. The number of carbonyl (C=O) groups is 1. The van der Waals surface area contributed by atoms with Gasteiger partial charge in [-0.3, -0.25) is 9.78 Å². The highest BCUT2D eigenvalue weighted by Crippen LogP contribution is 2.16. The van der Waals surface area contributed by atoms with Gasteiger partial charge in [-0.25, -0.2) is 0 Å². The van der Waals surface area contributed by atoms with Crippen molar-refractivity contribution < 1.29 is 9.90 Å². The molecule has 0 saturated heterocycles. The van der Waals surface area contributed by atoms with E-state index in [0.717, 1.165) is 16.6 Å². The molecule has 3 heteroatoms. The van der Waals surface area contributed by atoms with Gasteiger partial charge in [0, 0.05) is 23.6 Å². The first kappa shape index (κ1) is 12.7. The molecule has 1 unspecified atom stereocenters. The third-order valence-corrected chi connectivity index (χ3v) is 3.16. The highest BCUT2D eigenvalue weighted by Gasteiger charge is 2.15. The summed E-state index contributed by atoms with van der Waals surface area (Å²) in [6.07, 6.45) is 1.10. The molecular weight excluding hydrogens is 226 g/mol. The molecule has 0 fully saturated rings. The average molecular weight is 243 g/mol. The molecule has 3 nitrogen and oxygen atoms in total. The van der Waals surface area contributed by atoms with Crippen LogP contribution in [-0.2, 0) is 11.2 Å². The summed E-state index contributed by atoms with van der Waals surface area (Å²) in [5.41, 5.74) is 1.85. The molecule has 1 heterocycles. The van der Waals surface area contributed by atoms with Crippen molar-refractivity contribution in [3.63, 3.8) is 0 Å². The third-order valence-electron chi connectivity index (χ3n) is 3.16. The van der Waals surface area contributed by atoms with Crippen LogP contribution in [0.2, 0.25) is 0 Å². The Bertz CT molecular complexity index is 551. The van der Waals surface area contributed by atoms with Crippen LogP contribution >= 0.6 is 0 Å². The van der Waals surface area contributed by atoms with E-state index >= 15 is 0 Å². The van der Waals surface area contributed by atoms with Gasteiger partial charge in [-0.15, -0.1) is 0 Å². The third kappa shape index (κ3) is 2.93. The SMILES string of the molecule is CC(=O)C(CCO)Cc1ccc2ccccc2n1. The van der Waals surface area contributed by atoms with Crippen LogP contribution in [0.5, 0.6) is 0 Å². The van der Waals surface area contributed by atoms with Crippen molar-refractivity contribution in [2.75, 3.05) is 6.61 Å². The van der Waals surface area contributed by atoms with Crippen molar-refractivity contribution in [3.05, 3.63) is 42.1 Å². The van der Waals surface area contributed by atoms with Crippen LogP contribution in [-0.4, -0.2) is 22.5 Å². The average Bonchev–Trinajstić information content (AvgIpc) is 2.38. The van der Waals surface area contributed by atoms with E-state index in [1.165, 1.54) is 0 Å². The summed E-state index contributed by atoms with van der Waals surface area (Å²) in [5.74, 6) is -0.0253. The van der Waals surface area contributed by atoms with Gasteiger partial charge in [0.05, 0.1) is 5.52 Å².